The number of nitrogens with zero attached hydrogens (tertiary/aromatic N) is 1. The zero-order chi connectivity index (χ0) is 12.3. The van der Waals surface area contributed by atoms with E-state index >= 15 is 0 Å². The van der Waals surface area contributed by atoms with Crippen molar-refractivity contribution < 1.29 is 0 Å². The first-order chi connectivity index (χ1) is 8.24. The molecule has 1 aliphatic rings. The highest BCUT2D eigenvalue weighted by Crippen LogP contribution is 2.32. The minimum absolute atomic E-state index is 0.420. The number of likely N-dealkylation sites (tertiary alicyclic amines) is 1. The van der Waals surface area contributed by atoms with Crippen LogP contribution in [0.3, 0.4) is 0 Å². The molecule has 2 N–H and O–H groups in total. The van der Waals surface area contributed by atoms with Crippen LogP contribution in [-0.2, 0) is 0 Å². The van der Waals surface area contributed by atoms with E-state index in [2.05, 4.69) is 39.2 Å². The van der Waals surface area contributed by atoms with Gasteiger partial charge in [0.05, 0.1) is 6.04 Å². The number of piperidine rings is 1. The van der Waals surface area contributed by atoms with Gasteiger partial charge in [0.15, 0.2) is 0 Å². The standard InChI is InChI=1S/C13H21BrN2S/c1-2-10-3-5-16(6-4-10)12(8-15)13-7-11(14)9-17-13/h7,9-10,12H,2-6,8,15H2,1H3. The second-order valence-electron chi connectivity index (χ2n) is 4.81. The smallest absolute Gasteiger partial charge is 0.0564 e. The van der Waals surface area contributed by atoms with Crippen molar-refractivity contribution in [3.63, 3.8) is 0 Å². The van der Waals surface area contributed by atoms with Crippen LogP contribution in [0.1, 0.15) is 37.1 Å². The fourth-order valence-electron chi connectivity index (χ4n) is 2.62. The number of hydrogen-bond acceptors (Lipinski definition) is 3. The van der Waals surface area contributed by atoms with E-state index in [4.69, 9.17) is 5.73 Å². The van der Waals surface area contributed by atoms with Gasteiger partial charge in [0.1, 0.15) is 0 Å². The molecule has 1 aromatic rings. The minimum Gasteiger partial charge on any atom is -0.329 e. The molecular formula is C13H21BrN2S. The molecule has 1 atom stereocenters. The largest absolute Gasteiger partial charge is 0.329 e. The van der Waals surface area contributed by atoms with Crippen LogP contribution in [0.4, 0.5) is 0 Å². The maximum atomic E-state index is 5.96. The molecule has 1 fully saturated rings. The quantitative estimate of drug-likeness (QED) is 0.919. The van der Waals surface area contributed by atoms with E-state index in [0.717, 1.165) is 12.5 Å². The Morgan fingerprint density at radius 3 is 2.71 bits per heavy atom. The number of nitrogens with two attached hydrogens (primary N) is 1. The van der Waals surface area contributed by atoms with Gasteiger partial charge in [-0.25, -0.2) is 0 Å². The summed E-state index contributed by atoms with van der Waals surface area (Å²) in [6.07, 6.45) is 3.99. The average molecular weight is 317 g/mol. The van der Waals surface area contributed by atoms with Gasteiger partial charge in [-0.3, -0.25) is 4.90 Å². The molecule has 96 valence electrons. The molecule has 1 aromatic heterocycles. The van der Waals surface area contributed by atoms with E-state index in [1.54, 1.807) is 0 Å². The maximum Gasteiger partial charge on any atom is 0.0564 e. The van der Waals surface area contributed by atoms with Crippen LogP contribution in [0.15, 0.2) is 15.9 Å². The zero-order valence-electron chi connectivity index (χ0n) is 10.4. The lowest BCUT2D eigenvalue weighted by atomic mass is 9.93. The summed E-state index contributed by atoms with van der Waals surface area (Å²) in [5.74, 6) is 0.930. The lowest BCUT2D eigenvalue weighted by Crippen LogP contribution is -2.39. The van der Waals surface area contributed by atoms with Crippen molar-refractivity contribution >= 4 is 27.3 Å². The Labute approximate surface area is 116 Å². The Kier molecular flexibility index (Phi) is 5.03. The molecule has 1 saturated heterocycles. The topological polar surface area (TPSA) is 29.3 Å². The summed E-state index contributed by atoms with van der Waals surface area (Å²) in [5, 5.41) is 2.15. The van der Waals surface area contributed by atoms with Crippen LogP contribution < -0.4 is 5.73 Å². The molecular weight excluding hydrogens is 296 g/mol. The fourth-order valence-corrected chi connectivity index (χ4v) is 4.21. The fraction of sp³-hybridized carbons (Fsp3) is 0.692. The lowest BCUT2D eigenvalue weighted by molar-refractivity contribution is 0.135. The Balaban J connectivity index is 2.00. The molecule has 0 saturated carbocycles. The predicted octanol–water partition coefficient (Wildman–Crippen LogP) is 3.63. The summed E-state index contributed by atoms with van der Waals surface area (Å²) >= 11 is 5.34. The normalized spacial score (nSPS) is 20.6. The summed E-state index contributed by atoms with van der Waals surface area (Å²) in [4.78, 5) is 3.96. The van der Waals surface area contributed by atoms with Crippen molar-refractivity contribution in [2.75, 3.05) is 19.6 Å². The Hall–Kier alpha value is 0.1000. The third-order valence-electron chi connectivity index (χ3n) is 3.81. The van der Waals surface area contributed by atoms with Gasteiger partial charge in [0.25, 0.3) is 0 Å². The third kappa shape index (κ3) is 3.31. The van der Waals surface area contributed by atoms with Gasteiger partial charge in [0, 0.05) is 21.3 Å². The highest BCUT2D eigenvalue weighted by molar-refractivity contribution is 9.10. The van der Waals surface area contributed by atoms with Gasteiger partial charge in [-0.2, -0.15) is 0 Å². The molecule has 0 aliphatic carbocycles. The minimum atomic E-state index is 0.420. The molecule has 1 aliphatic heterocycles. The van der Waals surface area contributed by atoms with E-state index in [-0.39, 0.29) is 0 Å². The van der Waals surface area contributed by atoms with Crippen molar-refractivity contribution in [1.82, 2.24) is 4.90 Å². The van der Waals surface area contributed by atoms with Crippen LogP contribution in [-0.4, -0.2) is 24.5 Å². The second-order valence-corrected chi connectivity index (χ2v) is 6.66. The number of thiophene rings is 1. The van der Waals surface area contributed by atoms with Gasteiger partial charge in [-0.1, -0.05) is 13.3 Å². The average Bonchev–Trinajstić information content (AvgIpc) is 2.78. The van der Waals surface area contributed by atoms with E-state index in [1.807, 2.05) is 11.3 Å². The van der Waals surface area contributed by atoms with Gasteiger partial charge < -0.3 is 5.73 Å². The first-order valence-electron chi connectivity index (χ1n) is 6.42. The first-order valence-corrected chi connectivity index (χ1v) is 8.10. The van der Waals surface area contributed by atoms with Crippen LogP contribution in [0.25, 0.3) is 0 Å². The third-order valence-corrected chi connectivity index (χ3v) is 5.60. The van der Waals surface area contributed by atoms with Gasteiger partial charge in [-0.05, 0) is 53.8 Å². The van der Waals surface area contributed by atoms with Crippen LogP contribution in [0.2, 0.25) is 0 Å². The number of halogens is 1. The monoisotopic (exact) mass is 316 g/mol. The van der Waals surface area contributed by atoms with Crippen molar-refractivity contribution in [3.8, 4) is 0 Å². The summed E-state index contributed by atoms with van der Waals surface area (Å²) in [6.45, 7) is 5.44. The highest BCUT2D eigenvalue weighted by Gasteiger charge is 2.25. The van der Waals surface area contributed by atoms with E-state index < -0.39 is 0 Å². The maximum absolute atomic E-state index is 5.96. The molecule has 0 bridgehead atoms. The molecule has 2 rings (SSSR count). The first kappa shape index (κ1) is 13.5. The summed E-state index contributed by atoms with van der Waals surface area (Å²) in [7, 11) is 0. The van der Waals surface area contributed by atoms with Crippen molar-refractivity contribution in [2.45, 2.75) is 32.2 Å². The Morgan fingerprint density at radius 2 is 2.24 bits per heavy atom. The van der Waals surface area contributed by atoms with E-state index in [0.29, 0.717) is 6.04 Å². The molecule has 2 nitrogen and oxygen atoms in total. The molecule has 0 aromatic carbocycles. The Morgan fingerprint density at radius 1 is 1.53 bits per heavy atom. The summed E-state index contributed by atoms with van der Waals surface area (Å²) < 4.78 is 1.18. The van der Waals surface area contributed by atoms with Gasteiger partial charge in [-0.15, -0.1) is 11.3 Å². The molecule has 2 heterocycles. The van der Waals surface area contributed by atoms with E-state index in [9.17, 15) is 0 Å². The predicted molar refractivity (Wildman–Crippen MR) is 78.4 cm³/mol. The zero-order valence-corrected chi connectivity index (χ0v) is 12.8. The number of hydrogen-bond donors (Lipinski definition) is 1. The molecule has 4 heteroatoms. The molecule has 0 radical (unpaired) electrons. The molecule has 1 unspecified atom stereocenters. The molecule has 0 spiro atoms. The van der Waals surface area contributed by atoms with Crippen LogP contribution in [0, 0.1) is 5.92 Å². The van der Waals surface area contributed by atoms with Crippen molar-refractivity contribution in [3.05, 3.63) is 20.8 Å². The van der Waals surface area contributed by atoms with Gasteiger partial charge >= 0.3 is 0 Å². The van der Waals surface area contributed by atoms with Crippen molar-refractivity contribution in [2.24, 2.45) is 11.7 Å². The summed E-state index contributed by atoms with van der Waals surface area (Å²) in [6, 6.07) is 2.64. The van der Waals surface area contributed by atoms with Crippen LogP contribution in [0.5, 0.6) is 0 Å². The van der Waals surface area contributed by atoms with Crippen LogP contribution >= 0.6 is 27.3 Å². The highest BCUT2D eigenvalue weighted by atomic mass is 79.9. The van der Waals surface area contributed by atoms with Crippen molar-refractivity contribution in [1.29, 1.82) is 0 Å². The second kappa shape index (κ2) is 6.32. The molecule has 0 amide bonds. The van der Waals surface area contributed by atoms with Gasteiger partial charge in [0.2, 0.25) is 0 Å². The Bertz CT molecular complexity index is 345. The number of rotatable bonds is 4. The molecule has 17 heavy (non-hydrogen) atoms. The lowest BCUT2D eigenvalue weighted by Gasteiger charge is -2.36. The SMILES string of the molecule is CCC1CCN(C(CN)c2cc(Br)cs2)CC1. The summed E-state index contributed by atoms with van der Waals surface area (Å²) in [5.41, 5.74) is 5.96. The van der Waals surface area contributed by atoms with E-state index in [1.165, 1.54) is 41.7 Å².